The van der Waals surface area contributed by atoms with Crippen LogP contribution in [0.15, 0.2) is 24.3 Å². The molecule has 2 N–H and O–H groups in total. The summed E-state index contributed by atoms with van der Waals surface area (Å²) in [6, 6.07) is 7.80. The van der Waals surface area contributed by atoms with Crippen molar-refractivity contribution in [2.45, 2.75) is 31.9 Å². The fourth-order valence-corrected chi connectivity index (χ4v) is 2.95. The maximum Gasteiger partial charge on any atom is 0.227 e. The zero-order valence-electron chi connectivity index (χ0n) is 13.2. The van der Waals surface area contributed by atoms with Gasteiger partial charge in [0.15, 0.2) is 0 Å². The molecule has 2 aliphatic rings. The number of morpholine rings is 1. The fraction of sp³-hybridized carbons (Fsp3) is 0.529. The van der Waals surface area contributed by atoms with E-state index in [1.807, 2.05) is 29.2 Å². The Bertz CT molecular complexity index is 553. The van der Waals surface area contributed by atoms with E-state index in [4.69, 9.17) is 4.74 Å². The van der Waals surface area contributed by atoms with E-state index in [1.165, 1.54) is 0 Å². The van der Waals surface area contributed by atoms with Gasteiger partial charge in [-0.2, -0.15) is 0 Å². The predicted octanol–water partition coefficient (Wildman–Crippen LogP) is 0.808. The summed E-state index contributed by atoms with van der Waals surface area (Å²) in [5.41, 5.74) is 1.96. The van der Waals surface area contributed by atoms with Crippen LogP contribution in [0.2, 0.25) is 0 Å². The van der Waals surface area contributed by atoms with Gasteiger partial charge >= 0.3 is 0 Å². The average Bonchev–Trinajstić information content (AvgIpc) is 3.00. The highest BCUT2D eigenvalue weighted by Crippen LogP contribution is 2.21. The Morgan fingerprint density at radius 3 is 2.83 bits per heavy atom. The molecule has 6 heteroatoms. The van der Waals surface area contributed by atoms with Crippen molar-refractivity contribution in [3.63, 3.8) is 0 Å². The molecule has 124 valence electrons. The zero-order valence-corrected chi connectivity index (χ0v) is 13.2. The van der Waals surface area contributed by atoms with Crippen molar-refractivity contribution in [1.29, 1.82) is 0 Å². The van der Waals surface area contributed by atoms with Crippen LogP contribution in [0.3, 0.4) is 0 Å². The van der Waals surface area contributed by atoms with E-state index in [0.29, 0.717) is 26.0 Å². The Morgan fingerprint density at radius 1 is 1.35 bits per heavy atom. The summed E-state index contributed by atoms with van der Waals surface area (Å²) in [5, 5.41) is 6.13. The van der Waals surface area contributed by atoms with Gasteiger partial charge in [-0.25, -0.2) is 0 Å². The lowest BCUT2D eigenvalue weighted by Gasteiger charge is -2.23. The number of carbonyl (C=O) groups is 2. The SMILES string of the molecule is O=C(C[C@H]1CNCCO1)NCc1ccc(N2CCCC2=O)cc1. The van der Waals surface area contributed by atoms with Gasteiger partial charge in [0, 0.05) is 38.3 Å². The molecule has 3 rings (SSSR count). The normalized spacial score (nSPS) is 21.5. The minimum atomic E-state index is -0.0349. The molecule has 0 aromatic heterocycles. The number of amides is 2. The van der Waals surface area contributed by atoms with Crippen molar-refractivity contribution in [2.75, 3.05) is 31.1 Å². The van der Waals surface area contributed by atoms with Gasteiger partial charge in [0.05, 0.1) is 19.1 Å². The number of nitrogens with one attached hydrogen (secondary N) is 2. The average molecular weight is 317 g/mol. The molecule has 2 fully saturated rings. The number of rotatable bonds is 5. The summed E-state index contributed by atoms with van der Waals surface area (Å²) in [5.74, 6) is 0.185. The van der Waals surface area contributed by atoms with Gasteiger partial charge < -0.3 is 20.3 Å². The minimum absolute atomic E-state index is 0.00232. The molecule has 1 aromatic rings. The lowest BCUT2D eigenvalue weighted by molar-refractivity contribution is -0.124. The van der Waals surface area contributed by atoms with E-state index >= 15 is 0 Å². The van der Waals surface area contributed by atoms with Crippen LogP contribution in [0.5, 0.6) is 0 Å². The van der Waals surface area contributed by atoms with Crippen LogP contribution in [-0.4, -0.2) is 44.2 Å². The fourth-order valence-electron chi connectivity index (χ4n) is 2.95. The molecule has 0 bridgehead atoms. The second kappa shape index (κ2) is 7.57. The number of hydrogen-bond acceptors (Lipinski definition) is 4. The van der Waals surface area contributed by atoms with E-state index in [2.05, 4.69) is 10.6 Å². The molecule has 2 heterocycles. The first-order valence-electron chi connectivity index (χ1n) is 8.21. The first-order chi connectivity index (χ1) is 11.2. The monoisotopic (exact) mass is 317 g/mol. The van der Waals surface area contributed by atoms with E-state index in [0.717, 1.165) is 37.3 Å². The maximum absolute atomic E-state index is 11.9. The second-order valence-corrected chi connectivity index (χ2v) is 5.99. The molecule has 2 amide bonds. The largest absolute Gasteiger partial charge is 0.375 e. The van der Waals surface area contributed by atoms with Crippen molar-refractivity contribution in [2.24, 2.45) is 0 Å². The Labute approximate surface area is 136 Å². The highest BCUT2D eigenvalue weighted by molar-refractivity contribution is 5.95. The molecule has 1 atom stereocenters. The summed E-state index contributed by atoms with van der Waals surface area (Å²) in [4.78, 5) is 25.5. The third-order valence-electron chi connectivity index (χ3n) is 4.23. The van der Waals surface area contributed by atoms with Gasteiger partial charge in [-0.15, -0.1) is 0 Å². The lowest BCUT2D eigenvalue weighted by atomic mass is 10.1. The lowest BCUT2D eigenvalue weighted by Crippen LogP contribution is -2.41. The molecule has 0 spiro atoms. The Kier molecular flexibility index (Phi) is 5.25. The molecule has 0 aliphatic carbocycles. The molecule has 2 saturated heterocycles. The van der Waals surface area contributed by atoms with Crippen LogP contribution in [-0.2, 0) is 20.9 Å². The first-order valence-corrected chi connectivity index (χ1v) is 8.21. The molecule has 6 nitrogen and oxygen atoms in total. The molecule has 0 radical (unpaired) electrons. The second-order valence-electron chi connectivity index (χ2n) is 5.99. The van der Waals surface area contributed by atoms with Crippen LogP contribution in [0, 0.1) is 0 Å². The number of ether oxygens (including phenoxy) is 1. The summed E-state index contributed by atoms with van der Waals surface area (Å²) in [6.07, 6.45) is 1.91. The molecule has 1 aromatic carbocycles. The molecular weight excluding hydrogens is 294 g/mol. The molecule has 23 heavy (non-hydrogen) atoms. The molecule has 0 saturated carbocycles. The molecular formula is C17H23N3O3. The smallest absolute Gasteiger partial charge is 0.227 e. The van der Waals surface area contributed by atoms with Gasteiger partial charge in [0.2, 0.25) is 11.8 Å². The highest BCUT2D eigenvalue weighted by Gasteiger charge is 2.21. The van der Waals surface area contributed by atoms with Crippen molar-refractivity contribution >= 4 is 17.5 Å². The van der Waals surface area contributed by atoms with Gasteiger partial charge in [-0.1, -0.05) is 12.1 Å². The van der Waals surface area contributed by atoms with Crippen LogP contribution in [0.25, 0.3) is 0 Å². The van der Waals surface area contributed by atoms with Crippen LogP contribution in [0.4, 0.5) is 5.69 Å². The highest BCUT2D eigenvalue weighted by atomic mass is 16.5. The Hall–Kier alpha value is -1.92. The summed E-state index contributed by atoms with van der Waals surface area (Å²) < 4.78 is 5.52. The Balaban J connectivity index is 1.46. The van der Waals surface area contributed by atoms with E-state index in [1.54, 1.807) is 0 Å². The minimum Gasteiger partial charge on any atom is -0.375 e. The summed E-state index contributed by atoms with van der Waals surface area (Å²) in [6.45, 7) is 3.53. The topological polar surface area (TPSA) is 70.7 Å². The van der Waals surface area contributed by atoms with Gasteiger partial charge in [-0.3, -0.25) is 9.59 Å². The molecule has 2 aliphatic heterocycles. The number of nitrogens with zero attached hydrogens (tertiary/aromatic N) is 1. The van der Waals surface area contributed by atoms with E-state index in [9.17, 15) is 9.59 Å². The Morgan fingerprint density at radius 2 is 2.17 bits per heavy atom. The number of hydrogen-bond donors (Lipinski definition) is 2. The quantitative estimate of drug-likeness (QED) is 0.843. The van der Waals surface area contributed by atoms with Crippen LogP contribution < -0.4 is 15.5 Å². The first kappa shape index (κ1) is 16.0. The number of carbonyl (C=O) groups excluding carboxylic acids is 2. The molecule has 0 unspecified atom stereocenters. The van der Waals surface area contributed by atoms with Crippen molar-refractivity contribution in [3.8, 4) is 0 Å². The van der Waals surface area contributed by atoms with Crippen molar-refractivity contribution in [3.05, 3.63) is 29.8 Å². The van der Waals surface area contributed by atoms with Gasteiger partial charge in [0.25, 0.3) is 0 Å². The summed E-state index contributed by atoms with van der Waals surface area (Å²) in [7, 11) is 0. The zero-order chi connectivity index (χ0) is 16.1. The third-order valence-corrected chi connectivity index (χ3v) is 4.23. The van der Waals surface area contributed by atoms with Crippen molar-refractivity contribution < 1.29 is 14.3 Å². The van der Waals surface area contributed by atoms with Crippen LogP contribution in [0.1, 0.15) is 24.8 Å². The third kappa shape index (κ3) is 4.30. The van der Waals surface area contributed by atoms with E-state index in [-0.39, 0.29) is 17.9 Å². The standard InChI is InChI=1S/C17H23N3O3/c21-16(10-15-12-18-7-9-23-15)19-11-13-3-5-14(6-4-13)20-8-1-2-17(20)22/h3-6,15,18H,1-2,7-12H2,(H,19,21)/t15-/m0/s1. The van der Waals surface area contributed by atoms with Gasteiger partial charge in [-0.05, 0) is 24.1 Å². The summed E-state index contributed by atoms with van der Waals surface area (Å²) >= 11 is 0. The van der Waals surface area contributed by atoms with Crippen molar-refractivity contribution in [1.82, 2.24) is 10.6 Å². The van der Waals surface area contributed by atoms with Gasteiger partial charge in [0.1, 0.15) is 0 Å². The van der Waals surface area contributed by atoms with E-state index < -0.39 is 0 Å². The maximum atomic E-state index is 11.9. The number of benzene rings is 1. The van der Waals surface area contributed by atoms with Crippen LogP contribution >= 0.6 is 0 Å². The number of anilines is 1. The predicted molar refractivity (Wildman–Crippen MR) is 87.1 cm³/mol.